The van der Waals surface area contributed by atoms with E-state index in [2.05, 4.69) is 72.9 Å². The zero-order valence-electron chi connectivity index (χ0n) is 18.9. The molecule has 3 aromatic rings. The summed E-state index contributed by atoms with van der Waals surface area (Å²) in [4.78, 5) is 13.0. The second-order valence-corrected chi connectivity index (χ2v) is 8.31. The molecule has 5 heteroatoms. The summed E-state index contributed by atoms with van der Waals surface area (Å²) in [6.07, 6.45) is 2.37. The molecule has 0 saturated heterocycles. The molecule has 4 rings (SSSR count). The summed E-state index contributed by atoms with van der Waals surface area (Å²) in [5.74, 6) is 1.01. The molecule has 164 valence electrons. The molecule has 5 nitrogen and oxygen atoms in total. The van der Waals surface area contributed by atoms with Crippen LogP contribution < -0.4 is 14.9 Å². The van der Waals surface area contributed by atoms with Crippen molar-refractivity contribution in [3.05, 3.63) is 94.5 Å². The first-order valence-electron chi connectivity index (χ1n) is 10.7. The van der Waals surface area contributed by atoms with Gasteiger partial charge in [-0.2, -0.15) is 5.10 Å². The summed E-state index contributed by atoms with van der Waals surface area (Å²) >= 11 is 0. The van der Waals surface area contributed by atoms with Gasteiger partial charge in [0.25, 0.3) is 0 Å². The Kier molecular flexibility index (Phi) is 5.99. The monoisotopic (exact) mass is 428 g/mol. The van der Waals surface area contributed by atoms with Crippen molar-refractivity contribution in [2.24, 2.45) is 11.0 Å². The van der Waals surface area contributed by atoms with Crippen LogP contribution in [0.25, 0.3) is 0 Å². The number of carbonyl (C=O) groups excluding carboxylic acids is 1. The maximum atomic E-state index is 13.0. The van der Waals surface area contributed by atoms with E-state index in [0.29, 0.717) is 11.5 Å². The highest BCUT2D eigenvalue weighted by Gasteiger charge is 2.60. The highest BCUT2D eigenvalue weighted by Crippen LogP contribution is 2.59. The first kappa shape index (κ1) is 21.6. The molecule has 1 fully saturated rings. The van der Waals surface area contributed by atoms with Crippen LogP contribution in [-0.4, -0.2) is 26.3 Å². The van der Waals surface area contributed by atoms with E-state index in [-0.39, 0.29) is 17.2 Å². The highest BCUT2D eigenvalue weighted by atomic mass is 16.5. The second kappa shape index (κ2) is 8.87. The van der Waals surface area contributed by atoms with Crippen molar-refractivity contribution >= 4 is 12.1 Å². The van der Waals surface area contributed by atoms with Gasteiger partial charge >= 0.3 is 0 Å². The fourth-order valence-electron chi connectivity index (χ4n) is 4.27. The Bertz CT molecular complexity index is 1090. The number of hydrogen-bond acceptors (Lipinski definition) is 4. The van der Waals surface area contributed by atoms with E-state index in [0.717, 1.165) is 23.1 Å². The zero-order valence-corrected chi connectivity index (χ0v) is 18.9. The molecule has 0 bridgehead atoms. The van der Waals surface area contributed by atoms with Crippen molar-refractivity contribution < 1.29 is 14.3 Å². The van der Waals surface area contributed by atoms with Gasteiger partial charge in [0, 0.05) is 5.41 Å². The van der Waals surface area contributed by atoms with Gasteiger partial charge in [0.1, 0.15) is 0 Å². The van der Waals surface area contributed by atoms with Crippen LogP contribution in [0.4, 0.5) is 0 Å². The SMILES string of the molecule is COc1ccc(/C=N/NC(=O)C2CC2(c2ccc(C)cc2)c2ccc(C)cc2)cc1OC. The fraction of sp³-hybridized carbons (Fsp3) is 0.259. The van der Waals surface area contributed by atoms with Crippen LogP contribution in [0.3, 0.4) is 0 Å². The molecular weight excluding hydrogens is 400 g/mol. The van der Waals surface area contributed by atoms with Crippen LogP contribution in [-0.2, 0) is 10.2 Å². The Hall–Kier alpha value is -3.60. The van der Waals surface area contributed by atoms with Crippen molar-refractivity contribution in [2.75, 3.05) is 14.2 Å². The molecule has 1 aliphatic rings. The van der Waals surface area contributed by atoms with Gasteiger partial charge in [-0.3, -0.25) is 4.79 Å². The first-order chi connectivity index (χ1) is 15.5. The lowest BCUT2D eigenvalue weighted by Crippen LogP contribution is -2.25. The molecule has 32 heavy (non-hydrogen) atoms. The van der Waals surface area contributed by atoms with E-state index in [1.807, 2.05) is 18.2 Å². The number of aryl methyl sites for hydroxylation is 2. The van der Waals surface area contributed by atoms with Crippen molar-refractivity contribution in [3.8, 4) is 11.5 Å². The molecule has 0 spiro atoms. The lowest BCUT2D eigenvalue weighted by Gasteiger charge is -2.19. The number of nitrogens with zero attached hydrogens (tertiary/aromatic N) is 1. The molecule has 1 aliphatic carbocycles. The summed E-state index contributed by atoms with van der Waals surface area (Å²) in [7, 11) is 3.18. The summed E-state index contributed by atoms with van der Waals surface area (Å²) in [6.45, 7) is 4.14. The third-order valence-electron chi connectivity index (χ3n) is 6.21. The number of rotatable bonds is 7. The standard InChI is InChI=1S/C27H28N2O3/c1-18-5-10-21(11-6-18)27(22-12-7-19(2)8-13-22)16-23(27)26(30)29-28-17-20-9-14-24(31-3)25(15-20)32-4/h5-15,17,23H,16H2,1-4H3,(H,29,30)/b28-17+. The average Bonchev–Trinajstić information content (AvgIpc) is 3.56. The molecule has 1 saturated carbocycles. The third kappa shape index (κ3) is 4.11. The molecule has 0 radical (unpaired) electrons. The number of methoxy groups -OCH3 is 2. The number of nitrogens with one attached hydrogen (secondary N) is 1. The Labute approximate surface area is 189 Å². The van der Waals surface area contributed by atoms with E-state index in [9.17, 15) is 4.79 Å². The van der Waals surface area contributed by atoms with Gasteiger partial charge in [-0.25, -0.2) is 5.43 Å². The van der Waals surface area contributed by atoms with Crippen molar-refractivity contribution in [2.45, 2.75) is 25.7 Å². The topological polar surface area (TPSA) is 59.9 Å². The van der Waals surface area contributed by atoms with E-state index in [1.165, 1.54) is 11.1 Å². The van der Waals surface area contributed by atoms with E-state index in [4.69, 9.17) is 9.47 Å². The maximum absolute atomic E-state index is 13.0. The Morgan fingerprint density at radius 1 is 0.906 bits per heavy atom. The predicted octanol–water partition coefficient (Wildman–Crippen LogP) is 4.78. The normalized spacial score (nSPS) is 16.6. The number of hydrazone groups is 1. The molecule has 1 amide bonds. The molecule has 1 atom stereocenters. The highest BCUT2D eigenvalue weighted by molar-refractivity contribution is 5.88. The molecule has 3 aromatic carbocycles. The van der Waals surface area contributed by atoms with Crippen LogP contribution in [0.1, 0.15) is 34.2 Å². The number of hydrogen-bond donors (Lipinski definition) is 1. The maximum Gasteiger partial charge on any atom is 0.244 e. The minimum absolute atomic E-state index is 0.0807. The number of benzene rings is 3. The van der Waals surface area contributed by atoms with Gasteiger partial charge in [-0.05, 0) is 55.2 Å². The molecule has 0 heterocycles. The van der Waals surface area contributed by atoms with Crippen LogP contribution in [0, 0.1) is 19.8 Å². The van der Waals surface area contributed by atoms with Crippen molar-refractivity contribution in [3.63, 3.8) is 0 Å². The molecular formula is C27H28N2O3. The lowest BCUT2D eigenvalue weighted by atomic mass is 9.85. The van der Waals surface area contributed by atoms with E-state index >= 15 is 0 Å². The van der Waals surface area contributed by atoms with Gasteiger partial charge in [0.05, 0.1) is 26.4 Å². The molecule has 0 aliphatic heterocycles. The minimum atomic E-state index is -0.315. The van der Waals surface area contributed by atoms with Crippen molar-refractivity contribution in [1.29, 1.82) is 0 Å². The number of ether oxygens (including phenoxy) is 2. The second-order valence-electron chi connectivity index (χ2n) is 8.31. The largest absolute Gasteiger partial charge is 0.493 e. The zero-order chi connectivity index (χ0) is 22.7. The lowest BCUT2D eigenvalue weighted by molar-refractivity contribution is -0.122. The Balaban J connectivity index is 1.53. The first-order valence-corrected chi connectivity index (χ1v) is 10.7. The van der Waals surface area contributed by atoms with E-state index < -0.39 is 0 Å². The number of carbonyl (C=O) groups is 1. The van der Waals surface area contributed by atoms with Crippen molar-refractivity contribution in [1.82, 2.24) is 5.43 Å². The fourth-order valence-corrected chi connectivity index (χ4v) is 4.27. The minimum Gasteiger partial charge on any atom is -0.493 e. The van der Waals surface area contributed by atoms with E-state index in [1.54, 1.807) is 20.4 Å². The summed E-state index contributed by atoms with van der Waals surface area (Å²) < 4.78 is 10.6. The van der Waals surface area contributed by atoms with Gasteiger partial charge in [-0.1, -0.05) is 59.7 Å². The van der Waals surface area contributed by atoms with Crippen LogP contribution in [0.5, 0.6) is 11.5 Å². The van der Waals surface area contributed by atoms with Gasteiger partial charge in [-0.15, -0.1) is 0 Å². The molecule has 0 aromatic heterocycles. The Morgan fingerprint density at radius 3 is 2.00 bits per heavy atom. The summed E-state index contributed by atoms with van der Waals surface area (Å²) in [5.41, 5.74) is 7.96. The molecule has 1 unspecified atom stereocenters. The summed E-state index contributed by atoms with van der Waals surface area (Å²) in [6, 6.07) is 22.4. The third-order valence-corrected chi connectivity index (χ3v) is 6.21. The predicted molar refractivity (Wildman–Crippen MR) is 127 cm³/mol. The smallest absolute Gasteiger partial charge is 0.244 e. The van der Waals surface area contributed by atoms with Gasteiger partial charge in [0.2, 0.25) is 5.91 Å². The average molecular weight is 429 g/mol. The van der Waals surface area contributed by atoms with Crippen LogP contribution >= 0.6 is 0 Å². The quantitative estimate of drug-likeness (QED) is 0.435. The van der Waals surface area contributed by atoms with Gasteiger partial charge < -0.3 is 9.47 Å². The molecule has 1 N–H and O–H groups in total. The number of amides is 1. The summed E-state index contributed by atoms with van der Waals surface area (Å²) in [5, 5.41) is 4.19. The van der Waals surface area contributed by atoms with Gasteiger partial charge in [0.15, 0.2) is 11.5 Å². The Morgan fingerprint density at radius 2 is 1.47 bits per heavy atom. The van der Waals surface area contributed by atoms with Crippen LogP contribution in [0.15, 0.2) is 71.8 Å². The van der Waals surface area contributed by atoms with Crippen LogP contribution in [0.2, 0.25) is 0 Å².